The molecule has 3 rings (SSSR count). The van der Waals surface area contributed by atoms with Gasteiger partial charge in [-0.15, -0.1) is 0 Å². The topological polar surface area (TPSA) is 93.3 Å². The highest BCUT2D eigenvalue weighted by molar-refractivity contribution is 5.79. The van der Waals surface area contributed by atoms with Gasteiger partial charge in [0.05, 0.1) is 4.92 Å². The van der Waals surface area contributed by atoms with E-state index in [1.165, 1.54) is 6.42 Å². The van der Waals surface area contributed by atoms with Crippen LogP contribution in [0.1, 0.15) is 57.6 Å². The first kappa shape index (κ1) is 18.7. The first-order valence-corrected chi connectivity index (χ1v) is 9.76. The lowest BCUT2D eigenvalue weighted by atomic mass is 9.88. The van der Waals surface area contributed by atoms with Crippen molar-refractivity contribution >= 4 is 17.4 Å². The van der Waals surface area contributed by atoms with E-state index in [1.807, 2.05) is 11.8 Å². The molecule has 1 aliphatic carbocycles. The third-order valence-corrected chi connectivity index (χ3v) is 5.70. The Kier molecular flexibility index (Phi) is 5.78. The van der Waals surface area contributed by atoms with Crippen LogP contribution in [0.5, 0.6) is 0 Å². The molecule has 1 N–H and O–H groups in total. The fourth-order valence-electron chi connectivity index (χ4n) is 4.26. The highest BCUT2D eigenvalue weighted by atomic mass is 16.6. The Balaban J connectivity index is 1.61. The maximum absolute atomic E-state index is 12.4. The van der Waals surface area contributed by atoms with Gasteiger partial charge in [0.1, 0.15) is 5.69 Å². The molecule has 1 amide bonds. The zero-order valence-corrected chi connectivity index (χ0v) is 15.7. The second-order valence-electron chi connectivity index (χ2n) is 7.46. The van der Waals surface area contributed by atoms with Gasteiger partial charge in [-0.05, 0) is 32.1 Å². The molecule has 26 heavy (non-hydrogen) atoms. The van der Waals surface area contributed by atoms with Crippen molar-refractivity contribution in [2.75, 3.05) is 18.0 Å². The lowest BCUT2D eigenvalue weighted by molar-refractivity contribution is -0.384. The van der Waals surface area contributed by atoms with Crippen molar-refractivity contribution in [1.82, 2.24) is 15.1 Å². The normalized spacial score (nSPS) is 19.5. The van der Waals surface area contributed by atoms with Crippen molar-refractivity contribution in [3.8, 4) is 0 Å². The van der Waals surface area contributed by atoms with Crippen LogP contribution in [0, 0.1) is 16.0 Å². The predicted molar refractivity (Wildman–Crippen MR) is 99.2 cm³/mol. The third-order valence-electron chi connectivity index (χ3n) is 5.70. The highest BCUT2D eigenvalue weighted by Gasteiger charge is 2.32. The molecule has 2 heterocycles. The molecule has 144 valence electrons. The van der Waals surface area contributed by atoms with Gasteiger partial charge in [-0.25, -0.2) is 4.68 Å². The van der Waals surface area contributed by atoms with E-state index in [1.54, 1.807) is 11.7 Å². The lowest BCUT2D eigenvalue weighted by Crippen LogP contribution is -2.47. The van der Waals surface area contributed by atoms with E-state index in [4.69, 9.17) is 0 Å². The first-order chi connectivity index (χ1) is 12.5. The van der Waals surface area contributed by atoms with Crippen molar-refractivity contribution in [1.29, 1.82) is 0 Å². The molecule has 8 heteroatoms. The summed E-state index contributed by atoms with van der Waals surface area (Å²) in [7, 11) is 1.76. The number of amides is 1. The number of nitrogens with zero attached hydrogens (tertiary/aromatic N) is 4. The van der Waals surface area contributed by atoms with Crippen LogP contribution >= 0.6 is 0 Å². The van der Waals surface area contributed by atoms with Gasteiger partial charge in [0.25, 0.3) is 0 Å². The molecule has 0 aromatic carbocycles. The number of hydrogen-bond acceptors (Lipinski definition) is 5. The SMILES string of the molecule is CCc1nn(C)c(N2CCC(NC(=O)C3CCCCC3)CC2)c1[N+](=O)[O-]. The summed E-state index contributed by atoms with van der Waals surface area (Å²) in [4.78, 5) is 25.7. The Bertz CT molecular complexity index is 658. The number of nitrogens with one attached hydrogen (secondary N) is 1. The quantitative estimate of drug-likeness (QED) is 0.641. The highest BCUT2D eigenvalue weighted by Crippen LogP contribution is 2.33. The summed E-state index contributed by atoms with van der Waals surface area (Å²) in [5.41, 5.74) is 0.653. The zero-order chi connectivity index (χ0) is 18.7. The van der Waals surface area contributed by atoms with Crippen LogP contribution in [0.2, 0.25) is 0 Å². The minimum atomic E-state index is -0.321. The van der Waals surface area contributed by atoms with Crippen LogP contribution in [0.4, 0.5) is 11.5 Å². The van der Waals surface area contributed by atoms with Gasteiger partial charge in [-0.2, -0.15) is 5.10 Å². The maximum Gasteiger partial charge on any atom is 0.334 e. The number of aryl methyl sites for hydroxylation is 2. The molecule has 1 saturated carbocycles. The fraction of sp³-hybridized carbons (Fsp3) is 0.778. The van der Waals surface area contributed by atoms with Crippen LogP contribution in [0.25, 0.3) is 0 Å². The van der Waals surface area contributed by atoms with E-state index < -0.39 is 0 Å². The Hall–Kier alpha value is -2.12. The van der Waals surface area contributed by atoms with E-state index in [-0.39, 0.29) is 28.5 Å². The number of rotatable bonds is 5. The van der Waals surface area contributed by atoms with Crippen molar-refractivity contribution < 1.29 is 9.72 Å². The lowest BCUT2D eigenvalue weighted by Gasteiger charge is -2.34. The van der Waals surface area contributed by atoms with Gasteiger partial charge < -0.3 is 10.2 Å². The molecule has 1 aromatic rings. The number of piperidine rings is 1. The van der Waals surface area contributed by atoms with E-state index in [0.29, 0.717) is 31.0 Å². The van der Waals surface area contributed by atoms with Crippen molar-refractivity contribution in [2.24, 2.45) is 13.0 Å². The average molecular weight is 363 g/mol. The van der Waals surface area contributed by atoms with Crippen LogP contribution in [0.15, 0.2) is 0 Å². The van der Waals surface area contributed by atoms with E-state index in [2.05, 4.69) is 10.4 Å². The Morgan fingerprint density at radius 2 is 1.88 bits per heavy atom. The summed E-state index contributed by atoms with van der Waals surface area (Å²) < 4.78 is 1.62. The van der Waals surface area contributed by atoms with Crippen LogP contribution in [-0.2, 0) is 18.3 Å². The minimum Gasteiger partial charge on any atom is -0.353 e. The predicted octanol–water partition coefficient (Wildman–Crippen LogP) is 2.56. The summed E-state index contributed by atoms with van der Waals surface area (Å²) in [5, 5.41) is 19.0. The van der Waals surface area contributed by atoms with Gasteiger partial charge >= 0.3 is 5.69 Å². The summed E-state index contributed by atoms with van der Waals surface area (Å²) >= 11 is 0. The van der Waals surface area contributed by atoms with E-state index in [0.717, 1.165) is 38.5 Å². The molecule has 0 bridgehead atoms. The van der Waals surface area contributed by atoms with Gasteiger partial charge in [0.15, 0.2) is 0 Å². The summed E-state index contributed by atoms with van der Waals surface area (Å²) in [6.07, 6.45) is 7.71. The minimum absolute atomic E-state index is 0.125. The molecule has 8 nitrogen and oxygen atoms in total. The Morgan fingerprint density at radius 1 is 1.23 bits per heavy atom. The van der Waals surface area contributed by atoms with Gasteiger partial charge in [-0.3, -0.25) is 14.9 Å². The van der Waals surface area contributed by atoms with Crippen molar-refractivity contribution in [2.45, 2.75) is 64.3 Å². The van der Waals surface area contributed by atoms with Gasteiger partial charge in [0.2, 0.25) is 11.7 Å². The smallest absolute Gasteiger partial charge is 0.334 e. The standard InChI is InChI=1S/C18H29N5O3/c1-3-15-16(23(25)26)18(21(2)20-15)22-11-9-14(10-12-22)19-17(24)13-7-5-4-6-8-13/h13-14H,3-12H2,1-2H3,(H,19,24). The van der Waals surface area contributed by atoms with Crippen LogP contribution in [-0.4, -0.2) is 39.7 Å². The molecule has 0 radical (unpaired) electrons. The molecule has 1 aromatic heterocycles. The Morgan fingerprint density at radius 3 is 2.46 bits per heavy atom. The van der Waals surface area contributed by atoms with Crippen LogP contribution < -0.4 is 10.2 Å². The number of nitro groups is 1. The zero-order valence-electron chi connectivity index (χ0n) is 15.7. The molecule has 0 unspecified atom stereocenters. The summed E-state index contributed by atoms with van der Waals surface area (Å²) in [5.74, 6) is 0.957. The molecular formula is C18H29N5O3. The second kappa shape index (κ2) is 8.05. The first-order valence-electron chi connectivity index (χ1n) is 9.76. The average Bonchev–Trinajstić information content (AvgIpc) is 3.00. The molecule has 2 aliphatic rings. The van der Waals surface area contributed by atoms with Gasteiger partial charge in [-0.1, -0.05) is 26.2 Å². The number of carbonyl (C=O) groups is 1. The number of carbonyl (C=O) groups excluding carboxylic acids is 1. The largest absolute Gasteiger partial charge is 0.353 e. The van der Waals surface area contributed by atoms with Crippen LogP contribution in [0.3, 0.4) is 0 Å². The number of aromatic nitrogens is 2. The number of anilines is 1. The molecule has 0 atom stereocenters. The summed E-state index contributed by atoms with van der Waals surface area (Å²) in [6.45, 7) is 3.27. The maximum atomic E-state index is 12.4. The molecule has 0 spiro atoms. The van der Waals surface area contributed by atoms with Crippen molar-refractivity contribution in [3.05, 3.63) is 15.8 Å². The van der Waals surface area contributed by atoms with Gasteiger partial charge in [0, 0.05) is 32.1 Å². The molecule has 2 fully saturated rings. The fourth-order valence-corrected chi connectivity index (χ4v) is 4.26. The molecule has 1 aliphatic heterocycles. The third kappa shape index (κ3) is 3.83. The van der Waals surface area contributed by atoms with E-state index >= 15 is 0 Å². The van der Waals surface area contributed by atoms with Crippen molar-refractivity contribution in [3.63, 3.8) is 0 Å². The summed E-state index contributed by atoms with van der Waals surface area (Å²) in [6, 6.07) is 0.165. The Labute approximate surface area is 154 Å². The monoisotopic (exact) mass is 363 g/mol. The second-order valence-corrected chi connectivity index (χ2v) is 7.46. The molecular weight excluding hydrogens is 334 g/mol. The van der Waals surface area contributed by atoms with E-state index in [9.17, 15) is 14.9 Å². The molecule has 1 saturated heterocycles. The number of hydrogen-bond donors (Lipinski definition) is 1.